The van der Waals surface area contributed by atoms with Crippen LogP contribution < -0.4 is 0 Å². The van der Waals surface area contributed by atoms with Crippen molar-refractivity contribution < 1.29 is 9.59 Å². The highest BCUT2D eigenvalue weighted by Crippen LogP contribution is 2.23. The van der Waals surface area contributed by atoms with Crippen LogP contribution >= 0.6 is 11.8 Å². The van der Waals surface area contributed by atoms with Gasteiger partial charge in [0.05, 0.1) is 6.54 Å². The molecular weight excluding hydrogens is 320 g/mol. The second kappa shape index (κ2) is 8.67. The molecule has 1 aliphatic rings. The number of thioether (sulfide) groups is 1. The Balaban J connectivity index is 1.96. The molecule has 0 bridgehead atoms. The number of nitrogens with zero attached hydrogens (tertiary/aromatic N) is 2. The zero-order chi connectivity index (χ0) is 17.7. The summed E-state index contributed by atoms with van der Waals surface area (Å²) in [4.78, 5) is 30.1. The summed E-state index contributed by atoms with van der Waals surface area (Å²) in [5.74, 6) is 0.329. The topological polar surface area (TPSA) is 40.6 Å². The highest BCUT2D eigenvalue weighted by Gasteiger charge is 2.28. The van der Waals surface area contributed by atoms with E-state index in [1.54, 1.807) is 16.7 Å². The molecular formula is C19H28N2O2S. The maximum atomic E-state index is 12.7. The van der Waals surface area contributed by atoms with Crippen molar-refractivity contribution >= 4 is 23.5 Å². The third kappa shape index (κ3) is 4.84. The van der Waals surface area contributed by atoms with Crippen molar-refractivity contribution in [3.63, 3.8) is 0 Å². The monoisotopic (exact) mass is 348 g/mol. The number of carbonyl (C=O) groups excluding carboxylic acids is 2. The lowest BCUT2D eigenvalue weighted by Crippen LogP contribution is -2.46. The van der Waals surface area contributed by atoms with Crippen LogP contribution in [0.2, 0.25) is 0 Å². The summed E-state index contributed by atoms with van der Waals surface area (Å²) in [5.41, 5.74) is 0.783. The van der Waals surface area contributed by atoms with Gasteiger partial charge in [0, 0.05) is 36.0 Å². The first kappa shape index (κ1) is 19.0. The largest absolute Gasteiger partial charge is 0.342 e. The normalized spacial score (nSPS) is 18.6. The van der Waals surface area contributed by atoms with Crippen LogP contribution in [0.1, 0.15) is 37.0 Å². The zero-order valence-electron chi connectivity index (χ0n) is 15.1. The molecule has 0 spiro atoms. The number of benzene rings is 1. The number of rotatable bonds is 6. The van der Waals surface area contributed by atoms with Crippen LogP contribution in [0.3, 0.4) is 0 Å². The lowest BCUT2D eigenvalue weighted by atomic mass is 9.90. The van der Waals surface area contributed by atoms with E-state index < -0.39 is 0 Å². The summed E-state index contributed by atoms with van der Waals surface area (Å²) >= 11 is 1.68. The minimum atomic E-state index is -0.00367. The maximum absolute atomic E-state index is 12.7. The van der Waals surface area contributed by atoms with Crippen molar-refractivity contribution in [3.05, 3.63) is 29.8 Å². The van der Waals surface area contributed by atoms with Crippen molar-refractivity contribution in [2.75, 3.05) is 32.9 Å². The molecule has 0 N–H and O–H groups in total. The average Bonchev–Trinajstić information content (AvgIpc) is 2.60. The van der Waals surface area contributed by atoms with Crippen LogP contribution in [0.5, 0.6) is 0 Å². The van der Waals surface area contributed by atoms with Crippen LogP contribution in [0.15, 0.2) is 29.2 Å². The Morgan fingerprint density at radius 1 is 1.29 bits per heavy atom. The molecule has 1 amide bonds. The molecule has 5 heteroatoms. The molecule has 1 aliphatic heterocycles. The predicted molar refractivity (Wildman–Crippen MR) is 99.6 cm³/mol. The smallest absolute Gasteiger partial charge is 0.236 e. The molecule has 0 radical (unpaired) electrons. The van der Waals surface area contributed by atoms with Gasteiger partial charge in [0.1, 0.15) is 0 Å². The fourth-order valence-electron chi connectivity index (χ4n) is 2.99. The van der Waals surface area contributed by atoms with Gasteiger partial charge in [-0.15, -0.1) is 11.8 Å². The van der Waals surface area contributed by atoms with Gasteiger partial charge in [-0.2, -0.15) is 0 Å². The third-order valence-corrected chi connectivity index (χ3v) is 5.52. The van der Waals surface area contributed by atoms with Crippen molar-refractivity contribution in [1.29, 1.82) is 0 Å². The minimum absolute atomic E-state index is 0.00367. The second-order valence-electron chi connectivity index (χ2n) is 6.77. The average molecular weight is 349 g/mol. The van der Waals surface area contributed by atoms with E-state index in [1.807, 2.05) is 51.4 Å². The molecule has 2 rings (SSSR count). The first-order valence-electron chi connectivity index (χ1n) is 8.58. The van der Waals surface area contributed by atoms with E-state index in [1.165, 1.54) is 4.90 Å². The van der Waals surface area contributed by atoms with E-state index in [9.17, 15) is 9.59 Å². The number of hydrogen-bond donors (Lipinski definition) is 0. The predicted octanol–water partition coefficient (Wildman–Crippen LogP) is 3.17. The fraction of sp³-hybridized carbons (Fsp3) is 0.579. The van der Waals surface area contributed by atoms with Crippen molar-refractivity contribution in [2.24, 2.45) is 5.92 Å². The quantitative estimate of drug-likeness (QED) is 0.585. The number of amides is 1. The SMILES string of the molecule is CSc1ccc(C(=O)[C@@H]2CCCN(CC(=O)N(C)C(C)C)C2)cc1. The van der Waals surface area contributed by atoms with E-state index in [-0.39, 0.29) is 23.7 Å². The minimum Gasteiger partial charge on any atom is -0.342 e. The molecule has 1 saturated heterocycles. The van der Waals surface area contributed by atoms with Gasteiger partial charge >= 0.3 is 0 Å². The number of ketones is 1. The van der Waals surface area contributed by atoms with Gasteiger partial charge in [0.15, 0.2) is 5.78 Å². The summed E-state index contributed by atoms with van der Waals surface area (Å²) in [6, 6.07) is 8.05. The molecule has 132 valence electrons. The molecule has 0 unspecified atom stereocenters. The van der Waals surface area contributed by atoms with E-state index in [4.69, 9.17) is 0 Å². The van der Waals surface area contributed by atoms with Crippen LogP contribution in [0.4, 0.5) is 0 Å². The lowest BCUT2D eigenvalue weighted by molar-refractivity contribution is -0.132. The number of carbonyl (C=O) groups is 2. The molecule has 0 aromatic heterocycles. The molecule has 24 heavy (non-hydrogen) atoms. The molecule has 0 saturated carbocycles. The summed E-state index contributed by atoms with van der Waals surface area (Å²) in [6.07, 6.45) is 3.91. The van der Waals surface area contributed by atoms with E-state index >= 15 is 0 Å². The Labute approximate surface area is 149 Å². The molecule has 0 aliphatic carbocycles. The summed E-state index contributed by atoms with van der Waals surface area (Å²) in [5, 5.41) is 0. The van der Waals surface area contributed by atoms with Gasteiger partial charge in [-0.3, -0.25) is 14.5 Å². The molecule has 1 heterocycles. The Morgan fingerprint density at radius 2 is 1.96 bits per heavy atom. The Kier molecular flexibility index (Phi) is 6.87. The maximum Gasteiger partial charge on any atom is 0.236 e. The van der Waals surface area contributed by atoms with Crippen LogP contribution in [0, 0.1) is 5.92 Å². The van der Waals surface area contributed by atoms with E-state index in [0.29, 0.717) is 13.1 Å². The highest BCUT2D eigenvalue weighted by atomic mass is 32.2. The van der Waals surface area contributed by atoms with E-state index in [0.717, 1.165) is 24.9 Å². The third-order valence-electron chi connectivity index (χ3n) is 4.78. The Morgan fingerprint density at radius 3 is 2.54 bits per heavy atom. The zero-order valence-corrected chi connectivity index (χ0v) is 15.9. The molecule has 1 aromatic rings. The summed E-state index contributed by atoms with van der Waals surface area (Å²) < 4.78 is 0. The first-order chi connectivity index (χ1) is 11.4. The second-order valence-corrected chi connectivity index (χ2v) is 7.65. The van der Waals surface area contributed by atoms with Crippen LogP contribution in [-0.4, -0.2) is 60.5 Å². The van der Waals surface area contributed by atoms with E-state index in [2.05, 4.69) is 4.90 Å². The number of piperidine rings is 1. The van der Waals surface area contributed by atoms with Gasteiger partial charge in [-0.25, -0.2) is 0 Å². The molecule has 1 fully saturated rings. The summed E-state index contributed by atoms with van der Waals surface area (Å²) in [6.45, 7) is 6.01. The fourth-order valence-corrected chi connectivity index (χ4v) is 3.40. The Bertz CT molecular complexity index is 571. The molecule has 1 atom stereocenters. The van der Waals surface area contributed by atoms with Crippen molar-refractivity contribution in [3.8, 4) is 0 Å². The molecule has 4 nitrogen and oxygen atoms in total. The highest BCUT2D eigenvalue weighted by molar-refractivity contribution is 7.98. The van der Waals surface area contributed by atoms with Crippen molar-refractivity contribution in [2.45, 2.75) is 37.6 Å². The van der Waals surface area contributed by atoms with Crippen LogP contribution in [0.25, 0.3) is 0 Å². The number of Topliss-reactive ketones (excluding diaryl/α,β-unsaturated/α-hetero) is 1. The van der Waals surface area contributed by atoms with Gasteiger partial charge in [-0.1, -0.05) is 12.1 Å². The van der Waals surface area contributed by atoms with Gasteiger partial charge in [0.25, 0.3) is 0 Å². The summed E-state index contributed by atoms with van der Waals surface area (Å²) in [7, 11) is 1.84. The Hall–Kier alpha value is -1.33. The number of likely N-dealkylation sites (N-methyl/N-ethyl adjacent to an activating group) is 1. The number of likely N-dealkylation sites (tertiary alicyclic amines) is 1. The van der Waals surface area contributed by atoms with Crippen LogP contribution in [-0.2, 0) is 4.79 Å². The number of hydrogen-bond acceptors (Lipinski definition) is 4. The van der Waals surface area contributed by atoms with Crippen molar-refractivity contribution in [1.82, 2.24) is 9.80 Å². The first-order valence-corrected chi connectivity index (χ1v) is 9.81. The standard InChI is InChI=1S/C19H28N2O2S/c1-14(2)20(3)18(22)13-21-11-5-6-16(12-21)19(23)15-7-9-17(24-4)10-8-15/h7-10,14,16H,5-6,11-13H2,1-4H3/t16-/m1/s1. The van der Waals surface area contributed by atoms with Gasteiger partial charge in [0.2, 0.25) is 5.91 Å². The molecule has 1 aromatic carbocycles. The van der Waals surface area contributed by atoms with Gasteiger partial charge in [-0.05, 0) is 51.6 Å². The van der Waals surface area contributed by atoms with Gasteiger partial charge < -0.3 is 4.90 Å². The lowest BCUT2D eigenvalue weighted by Gasteiger charge is -2.33.